The summed E-state index contributed by atoms with van der Waals surface area (Å²) in [6, 6.07) is 10.7. The van der Waals surface area contributed by atoms with Gasteiger partial charge in [-0.2, -0.15) is 0 Å². The van der Waals surface area contributed by atoms with Crippen molar-refractivity contribution in [3.8, 4) is 0 Å². The monoisotopic (exact) mass is 397 g/mol. The van der Waals surface area contributed by atoms with Crippen molar-refractivity contribution in [2.24, 2.45) is 16.5 Å². The molecule has 5 heteroatoms. The first kappa shape index (κ1) is 20.2. The highest BCUT2D eigenvalue weighted by Crippen LogP contribution is 2.38. The van der Waals surface area contributed by atoms with E-state index in [1.807, 2.05) is 23.1 Å². The van der Waals surface area contributed by atoms with E-state index in [1.54, 1.807) is 0 Å². The van der Waals surface area contributed by atoms with Crippen molar-refractivity contribution in [3.05, 3.63) is 35.9 Å². The van der Waals surface area contributed by atoms with Crippen LogP contribution in [-0.4, -0.2) is 41.4 Å². The third-order valence-electron chi connectivity index (χ3n) is 7.19. The van der Waals surface area contributed by atoms with Crippen LogP contribution in [0, 0.1) is 11.3 Å². The molecule has 1 aromatic rings. The summed E-state index contributed by atoms with van der Waals surface area (Å²) in [6.07, 6.45) is 7.15. The molecule has 158 valence electrons. The lowest BCUT2D eigenvalue weighted by Crippen LogP contribution is -2.52. The fourth-order valence-electron chi connectivity index (χ4n) is 5.06. The average molecular weight is 398 g/mol. The van der Waals surface area contributed by atoms with Gasteiger partial charge in [0.2, 0.25) is 0 Å². The maximum atomic E-state index is 12.8. The summed E-state index contributed by atoms with van der Waals surface area (Å²) in [6.45, 7) is 8.47. The maximum Gasteiger partial charge on any atom is 0.317 e. The zero-order valence-electron chi connectivity index (χ0n) is 18.1. The first-order valence-corrected chi connectivity index (χ1v) is 11.2. The predicted octanol–water partition coefficient (Wildman–Crippen LogP) is 4.96. The van der Waals surface area contributed by atoms with E-state index in [1.165, 1.54) is 12.8 Å². The molecule has 1 saturated carbocycles. The highest BCUT2D eigenvalue weighted by molar-refractivity contribution is 6.01. The largest absolute Gasteiger partial charge is 0.388 e. The highest BCUT2D eigenvalue weighted by atomic mass is 16.7. The van der Waals surface area contributed by atoms with Crippen molar-refractivity contribution >= 4 is 11.7 Å². The van der Waals surface area contributed by atoms with Crippen molar-refractivity contribution in [2.45, 2.75) is 77.4 Å². The number of nitrogens with zero attached hydrogens (tertiary/aromatic N) is 2. The molecule has 4 rings (SSSR count). The molecule has 0 atom stereocenters. The standard InChI is InChI=1S/C24H35N3O2/c1-23(2,3)19-9-11-20(12-10-19)25-22(28)27-15-13-24(14-16-27)17-21(26-29-24)18-7-5-4-6-8-18/h4-8,19-20H,9-17H2,1-3H3,(H,25,28). The Morgan fingerprint density at radius 2 is 1.76 bits per heavy atom. The van der Waals surface area contributed by atoms with E-state index >= 15 is 0 Å². The molecule has 5 nitrogen and oxygen atoms in total. The van der Waals surface area contributed by atoms with Gasteiger partial charge in [0.25, 0.3) is 0 Å². The number of likely N-dealkylation sites (tertiary alicyclic amines) is 1. The van der Waals surface area contributed by atoms with Gasteiger partial charge in [0.05, 0.1) is 5.71 Å². The van der Waals surface area contributed by atoms with E-state index in [4.69, 9.17) is 4.84 Å². The lowest BCUT2D eigenvalue weighted by atomic mass is 9.71. The van der Waals surface area contributed by atoms with Crippen molar-refractivity contribution in [3.63, 3.8) is 0 Å². The fraction of sp³-hybridized carbons (Fsp3) is 0.667. The molecule has 0 bridgehead atoms. The molecule has 2 aliphatic heterocycles. The van der Waals surface area contributed by atoms with Gasteiger partial charge >= 0.3 is 6.03 Å². The Bertz CT molecular complexity index is 737. The van der Waals surface area contributed by atoms with Crippen LogP contribution in [0.1, 0.15) is 71.3 Å². The number of hydrogen-bond acceptors (Lipinski definition) is 3. The first-order valence-electron chi connectivity index (χ1n) is 11.2. The highest BCUT2D eigenvalue weighted by Gasteiger charge is 2.43. The number of amides is 2. The molecule has 1 saturated heterocycles. The molecule has 1 N–H and O–H groups in total. The summed E-state index contributed by atoms with van der Waals surface area (Å²) in [4.78, 5) is 20.6. The molecule has 2 heterocycles. The van der Waals surface area contributed by atoms with Crippen LogP contribution < -0.4 is 5.32 Å². The van der Waals surface area contributed by atoms with Gasteiger partial charge in [-0.25, -0.2) is 4.79 Å². The Labute approximate surface area is 174 Å². The summed E-state index contributed by atoms with van der Waals surface area (Å²) >= 11 is 0. The molecule has 1 aliphatic carbocycles. The minimum absolute atomic E-state index is 0.0984. The van der Waals surface area contributed by atoms with Gasteiger partial charge in [-0.1, -0.05) is 56.3 Å². The molecule has 29 heavy (non-hydrogen) atoms. The number of piperidine rings is 1. The number of nitrogens with one attached hydrogen (secondary N) is 1. The Hall–Kier alpha value is -2.04. The van der Waals surface area contributed by atoms with Gasteiger partial charge in [0.15, 0.2) is 0 Å². The van der Waals surface area contributed by atoms with Crippen molar-refractivity contribution in [1.82, 2.24) is 10.2 Å². The Morgan fingerprint density at radius 1 is 1.10 bits per heavy atom. The molecule has 0 radical (unpaired) electrons. The van der Waals surface area contributed by atoms with Crippen LogP contribution in [0.25, 0.3) is 0 Å². The number of hydrogen-bond donors (Lipinski definition) is 1. The van der Waals surface area contributed by atoms with Crippen LogP contribution in [0.15, 0.2) is 35.5 Å². The SMILES string of the molecule is CC(C)(C)C1CCC(NC(=O)N2CCC3(CC2)CC(c2ccccc2)=NO3)CC1. The van der Waals surface area contributed by atoms with E-state index in [9.17, 15) is 4.79 Å². The van der Waals surface area contributed by atoms with Crippen molar-refractivity contribution in [1.29, 1.82) is 0 Å². The Balaban J connectivity index is 1.24. The summed E-state index contributed by atoms with van der Waals surface area (Å²) < 4.78 is 0. The quantitative estimate of drug-likeness (QED) is 0.767. The summed E-state index contributed by atoms with van der Waals surface area (Å²) in [5.74, 6) is 0.767. The third-order valence-corrected chi connectivity index (χ3v) is 7.19. The number of carbonyl (C=O) groups is 1. The zero-order valence-corrected chi connectivity index (χ0v) is 18.1. The normalized spacial score (nSPS) is 26.7. The molecule has 2 fully saturated rings. The summed E-state index contributed by atoms with van der Waals surface area (Å²) in [7, 11) is 0. The predicted molar refractivity (Wildman–Crippen MR) is 116 cm³/mol. The van der Waals surface area contributed by atoms with Crippen LogP contribution in [0.2, 0.25) is 0 Å². The van der Waals surface area contributed by atoms with Crippen molar-refractivity contribution in [2.75, 3.05) is 13.1 Å². The average Bonchev–Trinajstić information content (AvgIpc) is 3.12. The van der Waals surface area contributed by atoms with Gasteiger partial charge in [-0.05, 0) is 42.6 Å². The van der Waals surface area contributed by atoms with E-state index in [0.717, 1.165) is 62.4 Å². The van der Waals surface area contributed by atoms with E-state index in [2.05, 4.69) is 43.4 Å². The van der Waals surface area contributed by atoms with Gasteiger partial charge in [-0.15, -0.1) is 0 Å². The minimum atomic E-state index is -0.229. The maximum absolute atomic E-state index is 12.8. The van der Waals surface area contributed by atoms with E-state index in [0.29, 0.717) is 11.5 Å². The second-order valence-corrected chi connectivity index (χ2v) is 10.2. The van der Waals surface area contributed by atoms with Crippen LogP contribution in [0.3, 0.4) is 0 Å². The molecule has 1 spiro atoms. The van der Waals surface area contributed by atoms with Gasteiger partial charge in [0.1, 0.15) is 5.60 Å². The molecule has 0 aromatic heterocycles. The van der Waals surface area contributed by atoms with Gasteiger partial charge in [-0.3, -0.25) is 0 Å². The molecular formula is C24H35N3O2. The van der Waals surface area contributed by atoms with E-state index in [-0.39, 0.29) is 11.6 Å². The van der Waals surface area contributed by atoms with Crippen LogP contribution in [-0.2, 0) is 4.84 Å². The second-order valence-electron chi connectivity index (χ2n) is 10.2. The molecule has 2 amide bonds. The van der Waals surface area contributed by atoms with Crippen molar-refractivity contribution < 1.29 is 9.63 Å². The van der Waals surface area contributed by atoms with Crippen LogP contribution in [0.5, 0.6) is 0 Å². The lowest BCUT2D eigenvalue weighted by molar-refractivity contribution is -0.0552. The summed E-state index contributed by atoms with van der Waals surface area (Å²) in [5, 5.41) is 7.66. The van der Waals surface area contributed by atoms with Gasteiger partial charge in [0, 0.05) is 38.4 Å². The molecule has 3 aliphatic rings. The number of oxime groups is 1. The van der Waals surface area contributed by atoms with Crippen LogP contribution in [0.4, 0.5) is 4.79 Å². The van der Waals surface area contributed by atoms with Gasteiger partial charge < -0.3 is 15.1 Å². The Kier molecular flexibility index (Phi) is 5.58. The summed E-state index contributed by atoms with van der Waals surface area (Å²) in [5.41, 5.74) is 2.31. The second kappa shape index (κ2) is 8.00. The van der Waals surface area contributed by atoms with Crippen LogP contribution >= 0.6 is 0 Å². The number of urea groups is 1. The molecule has 1 aromatic carbocycles. The van der Waals surface area contributed by atoms with E-state index < -0.39 is 0 Å². The first-order chi connectivity index (χ1) is 13.8. The number of benzene rings is 1. The zero-order chi connectivity index (χ0) is 20.5. The number of carbonyl (C=O) groups excluding carboxylic acids is 1. The third kappa shape index (κ3) is 4.59. The fourth-order valence-corrected chi connectivity index (χ4v) is 5.06. The molecule has 0 unspecified atom stereocenters. The minimum Gasteiger partial charge on any atom is -0.388 e. The topological polar surface area (TPSA) is 53.9 Å². The Morgan fingerprint density at radius 3 is 2.38 bits per heavy atom. The smallest absolute Gasteiger partial charge is 0.317 e. The number of rotatable bonds is 2. The lowest BCUT2D eigenvalue weighted by Gasteiger charge is -2.40. The molecular weight excluding hydrogens is 362 g/mol.